The normalized spacial score (nSPS) is 10.9. The lowest BCUT2D eigenvalue weighted by Gasteiger charge is -1.89. The van der Waals surface area contributed by atoms with Crippen LogP contribution in [0.4, 0.5) is 0 Å². The van der Waals surface area contributed by atoms with E-state index < -0.39 is 0 Å². The zero-order valence-corrected chi connectivity index (χ0v) is 4.37. The van der Waals surface area contributed by atoms with Crippen LogP contribution in [-0.2, 0) is 4.89 Å². The molecule has 0 radical (unpaired) electrons. The van der Waals surface area contributed by atoms with E-state index in [0.29, 0.717) is 6.54 Å². The van der Waals surface area contributed by atoms with Crippen LogP contribution >= 0.6 is 0 Å². The second kappa shape index (κ2) is 4.14. The third-order valence-corrected chi connectivity index (χ3v) is 0.470. The zero-order valence-electron chi connectivity index (χ0n) is 4.37. The molecule has 0 aromatic heterocycles. The summed E-state index contributed by atoms with van der Waals surface area (Å²) in [5.74, 6) is 0. The van der Waals surface area contributed by atoms with Crippen molar-refractivity contribution in [3.05, 3.63) is 12.7 Å². The van der Waals surface area contributed by atoms with Crippen molar-refractivity contribution in [2.45, 2.75) is 0 Å². The average Bonchev–Trinajstić information content (AvgIpc) is 1.83. The highest BCUT2D eigenvalue weighted by Gasteiger charge is 1.82. The van der Waals surface area contributed by atoms with E-state index in [9.17, 15) is 0 Å². The molecule has 0 spiro atoms. The lowest BCUT2D eigenvalue weighted by Crippen LogP contribution is -2.13. The van der Waals surface area contributed by atoms with Crippen molar-refractivity contribution in [2.75, 3.05) is 6.54 Å². The zero-order chi connectivity index (χ0) is 6.41. The second-order valence-corrected chi connectivity index (χ2v) is 1.06. The highest BCUT2D eigenvalue weighted by molar-refractivity contribution is 5.70. The van der Waals surface area contributed by atoms with Crippen molar-refractivity contribution < 1.29 is 10.1 Å². The summed E-state index contributed by atoms with van der Waals surface area (Å²) >= 11 is 0. The van der Waals surface area contributed by atoms with Gasteiger partial charge in [0.1, 0.15) is 0 Å². The summed E-state index contributed by atoms with van der Waals surface area (Å²) in [6, 6.07) is -0.245. The van der Waals surface area contributed by atoms with E-state index in [2.05, 4.69) is 16.5 Å². The summed E-state index contributed by atoms with van der Waals surface area (Å²) in [5.41, 5.74) is 4.89. The summed E-state index contributed by atoms with van der Waals surface area (Å²) in [5, 5.41) is 7.77. The quantitative estimate of drug-likeness (QED) is 0.175. The van der Waals surface area contributed by atoms with E-state index in [1.54, 1.807) is 0 Å². The highest BCUT2D eigenvalue weighted by Crippen LogP contribution is 1.71. The maximum Gasteiger partial charge on any atom is 0.319 e. The molecule has 0 amide bonds. The van der Waals surface area contributed by atoms with Gasteiger partial charge in [-0.25, -0.2) is 4.99 Å². The van der Waals surface area contributed by atoms with Gasteiger partial charge in [0.2, 0.25) is 0 Å². The number of nitrogens with two attached hydrogens (primary N) is 1. The molecule has 0 unspecified atom stereocenters. The Kier molecular flexibility index (Phi) is 3.60. The summed E-state index contributed by atoms with van der Waals surface area (Å²) in [4.78, 5) is 7.00. The molecule has 0 heterocycles. The Labute approximate surface area is 47.2 Å². The molecule has 0 bridgehead atoms. The molecule has 3 N–H and O–H groups in total. The third kappa shape index (κ3) is 3.17. The van der Waals surface area contributed by atoms with Gasteiger partial charge in [-0.1, -0.05) is 6.08 Å². The topological polar surface area (TPSA) is 67.8 Å². The van der Waals surface area contributed by atoms with Crippen molar-refractivity contribution >= 4 is 6.02 Å². The monoisotopic (exact) mass is 116 g/mol. The first-order chi connectivity index (χ1) is 3.81. The predicted molar refractivity (Wildman–Crippen MR) is 30.4 cm³/mol. The Morgan fingerprint density at radius 1 is 2.00 bits per heavy atom. The van der Waals surface area contributed by atoms with Crippen LogP contribution in [-0.4, -0.2) is 17.8 Å². The van der Waals surface area contributed by atoms with Crippen LogP contribution in [0.3, 0.4) is 0 Å². The molecule has 4 heteroatoms. The van der Waals surface area contributed by atoms with E-state index in [1.807, 2.05) is 0 Å². The van der Waals surface area contributed by atoms with Crippen molar-refractivity contribution in [3.8, 4) is 0 Å². The molecule has 0 aromatic carbocycles. The Hall–Kier alpha value is -1.03. The number of hydrogen-bond donors (Lipinski definition) is 2. The number of hydrogen-bond acceptors (Lipinski definition) is 3. The van der Waals surface area contributed by atoms with Crippen LogP contribution in [0.1, 0.15) is 0 Å². The molecule has 0 aliphatic rings. The molecule has 0 fully saturated rings. The van der Waals surface area contributed by atoms with Gasteiger partial charge in [-0.05, 0) is 0 Å². The first kappa shape index (κ1) is 6.97. The van der Waals surface area contributed by atoms with Crippen molar-refractivity contribution in [2.24, 2.45) is 10.7 Å². The highest BCUT2D eigenvalue weighted by atomic mass is 17.1. The number of amidine groups is 1. The fourth-order valence-corrected chi connectivity index (χ4v) is 0.183. The minimum absolute atomic E-state index is 0.245. The van der Waals surface area contributed by atoms with Crippen LogP contribution in [0.2, 0.25) is 0 Å². The Balaban J connectivity index is 3.40. The average molecular weight is 116 g/mol. The molecule has 0 saturated carbocycles. The Morgan fingerprint density at radius 2 is 2.62 bits per heavy atom. The maximum atomic E-state index is 7.77. The summed E-state index contributed by atoms with van der Waals surface area (Å²) in [6.07, 6.45) is 1.53. The summed E-state index contributed by atoms with van der Waals surface area (Å²) in [7, 11) is 0. The molecule has 0 rings (SSSR count). The first-order valence-electron chi connectivity index (χ1n) is 2.03. The van der Waals surface area contributed by atoms with E-state index in [1.165, 1.54) is 6.08 Å². The molecule has 0 aliphatic heterocycles. The van der Waals surface area contributed by atoms with Gasteiger partial charge in [-0.3, -0.25) is 0 Å². The predicted octanol–water partition coefficient (Wildman–Crippen LogP) is -0.0233. The lowest BCUT2D eigenvalue weighted by molar-refractivity contribution is -0.156. The second-order valence-electron chi connectivity index (χ2n) is 1.06. The summed E-state index contributed by atoms with van der Waals surface area (Å²) < 4.78 is 0. The molecule has 0 aliphatic carbocycles. The summed E-state index contributed by atoms with van der Waals surface area (Å²) in [6.45, 7) is 3.72. The van der Waals surface area contributed by atoms with Gasteiger partial charge in [-0.15, -0.1) is 6.58 Å². The lowest BCUT2D eigenvalue weighted by atomic mass is 10.6. The Bertz CT molecular complexity index is 100. The number of rotatable bonds is 2. The van der Waals surface area contributed by atoms with E-state index >= 15 is 0 Å². The van der Waals surface area contributed by atoms with Gasteiger partial charge in [-0.2, -0.15) is 5.26 Å². The maximum absolute atomic E-state index is 7.77. The van der Waals surface area contributed by atoms with E-state index in [-0.39, 0.29) is 6.02 Å². The van der Waals surface area contributed by atoms with Gasteiger partial charge in [0.15, 0.2) is 0 Å². The van der Waals surface area contributed by atoms with Crippen LogP contribution in [0.5, 0.6) is 0 Å². The molecular weight excluding hydrogens is 108 g/mol. The Morgan fingerprint density at radius 3 is 3.00 bits per heavy atom. The third-order valence-electron chi connectivity index (χ3n) is 0.470. The van der Waals surface area contributed by atoms with Crippen molar-refractivity contribution in [1.82, 2.24) is 0 Å². The largest absolute Gasteiger partial charge is 0.351 e. The van der Waals surface area contributed by atoms with Crippen LogP contribution in [0.25, 0.3) is 0 Å². The van der Waals surface area contributed by atoms with Gasteiger partial charge < -0.3 is 10.6 Å². The van der Waals surface area contributed by atoms with Gasteiger partial charge >= 0.3 is 6.02 Å². The molecular formula is C4H8N2O2. The van der Waals surface area contributed by atoms with Gasteiger partial charge in [0.05, 0.1) is 6.54 Å². The minimum atomic E-state index is -0.245. The molecule has 8 heavy (non-hydrogen) atoms. The fourth-order valence-electron chi connectivity index (χ4n) is 0.183. The van der Waals surface area contributed by atoms with E-state index in [0.717, 1.165) is 0 Å². The first-order valence-corrected chi connectivity index (χ1v) is 2.03. The van der Waals surface area contributed by atoms with Gasteiger partial charge in [0.25, 0.3) is 0 Å². The van der Waals surface area contributed by atoms with Crippen LogP contribution < -0.4 is 5.73 Å². The number of aliphatic imine (C=N–C) groups is 1. The van der Waals surface area contributed by atoms with E-state index in [4.69, 9.17) is 11.0 Å². The van der Waals surface area contributed by atoms with Gasteiger partial charge in [0, 0.05) is 0 Å². The van der Waals surface area contributed by atoms with Crippen molar-refractivity contribution in [3.63, 3.8) is 0 Å². The molecule has 46 valence electrons. The van der Waals surface area contributed by atoms with Crippen molar-refractivity contribution in [1.29, 1.82) is 0 Å². The fraction of sp³-hybridized carbons (Fsp3) is 0.250. The molecule has 0 saturated heterocycles. The van der Waals surface area contributed by atoms with Crippen LogP contribution in [0.15, 0.2) is 17.6 Å². The molecule has 0 atom stereocenters. The van der Waals surface area contributed by atoms with Crippen LogP contribution in [0, 0.1) is 0 Å². The molecule has 0 aromatic rings. The minimum Gasteiger partial charge on any atom is -0.351 e. The standard InChI is InChI=1S/C4H8N2O2/c1-2-3-6-4(5)8-7/h2,7H,1,3H2,(H2,5,6). The smallest absolute Gasteiger partial charge is 0.319 e. The molecule has 4 nitrogen and oxygen atoms in total. The number of nitrogens with zero attached hydrogens (tertiary/aromatic N) is 1. The SMILES string of the molecule is C=CCN=C(N)OO.